The van der Waals surface area contributed by atoms with Crippen molar-refractivity contribution in [3.8, 4) is 0 Å². The maximum atomic E-state index is 12.5. The number of anilines is 1. The van der Waals surface area contributed by atoms with Crippen LogP contribution in [-0.2, 0) is 0 Å². The van der Waals surface area contributed by atoms with Crippen LogP contribution in [0.1, 0.15) is 29.1 Å². The molecule has 0 unspecified atom stereocenters. The second-order valence-corrected chi connectivity index (χ2v) is 5.10. The summed E-state index contributed by atoms with van der Waals surface area (Å²) in [5.74, 6) is -0.287. The van der Waals surface area contributed by atoms with E-state index in [9.17, 15) is 9.90 Å². The molecule has 0 aliphatic heterocycles. The van der Waals surface area contributed by atoms with Crippen molar-refractivity contribution < 1.29 is 9.90 Å². The lowest BCUT2D eigenvalue weighted by Gasteiger charge is -2.13. The van der Waals surface area contributed by atoms with Gasteiger partial charge >= 0.3 is 0 Å². The van der Waals surface area contributed by atoms with E-state index in [-0.39, 0.29) is 5.91 Å². The SMILES string of the molecule is C[C@@H](O)c1ccccc1NC(=O)c1nccc2ccccc12. The highest BCUT2D eigenvalue weighted by atomic mass is 16.3. The van der Waals surface area contributed by atoms with Crippen molar-refractivity contribution in [1.29, 1.82) is 0 Å². The molecule has 1 heterocycles. The van der Waals surface area contributed by atoms with Gasteiger partial charge in [-0.15, -0.1) is 0 Å². The molecule has 0 bridgehead atoms. The van der Waals surface area contributed by atoms with E-state index in [0.717, 1.165) is 10.8 Å². The number of hydrogen-bond acceptors (Lipinski definition) is 3. The Hall–Kier alpha value is -2.72. The predicted molar refractivity (Wildman–Crippen MR) is 86.8 cm³/mol. The topological polar surface area (TPSA) is 62.2 Å². The minimum absolute atomic E-state index is 0.287. The summed E-state index contributed by atoms with van der Waals surface area (Å²) in [7, 11) is 0. The molecule has 0 aliphatic carbocycles. The van der Waals surface area contributed by atoms with Crippen molar-refractivity contribution in [3.05, 3.63) is 72.1 Å². The Morgan fingerprint density at radius 2 is 1.82 bits per heavy atom. The summed E-state index contributed by atoms with van der Waals surface area (Å²) in [5.41, 5.74) is 1.65. The van der Waals surface area contributed by atoms with Gasteiger partial charge in [-0.3, -0.25) is 9.78 Å². The number of aliphatic hydroxyl groups is 1. The Kier molecular flexibility index (Phi) is 3.85. The van der Waals surface area contributed by atoms with Gasteiger partial charge in [0.25, 0.3) is 5.91 Å². The third kappa shape index (κ3) is 2.69. The van der Waals surface area contributed by atoms with Gasteiger partial charge in [-0.1, -0.05) is 42.5 Å². The molecule has 0 saturated carbocycles. The zero-order valence-electron chi connectivity index (χ0n) is 12.2. The summed E-state index contributed by atoms with van der Waals surface area (Å²) >= 11 is 0. The first kappa shape index (κ1) is 14.2. The van der Waals surface area contributed by atoms with Gasteiger partial charge in [0, 0.05) is 22.8 Å². The molecule has 4 heteroatoms. The first-order chi connectivity index (χ1) is 10.7. The average Bonchev–Trinajstić information content (AvgIpc) is 2.54. The number of carbonyl (C=O) groups excluding carboxylic acids is 1. The third-order valence-corrected chi connectivity index (χ3v) is 3.55. The zero-order chi connectivity index (χ0) is 15.5. The summed E-state index contributed by atoms with van der Waals surface area (Å²) in [4.78, 5) is 16.8. The minimum Gasteiger partial charge on any atom is -0.389 e. The summed E-state index contributed by atoms with van der Waals surface area (Å²) < 4.78 is 0. The molecule has 4 nitrogen and oxygen atoms in total. The molecule has 1 atom stereocenters. The lowest BCUT2D eigenvalue weighted by molar-refractivity contribution is 0.102. The van der Waals surface area contributed by atoms with Crippen LogP contribution in [-0.4, -0.2) is 16.0 Å². The van der Waals surface area contributed by atoms with Crippen molar-refractivity contribution in [3.63, 3.8) is 0 Å². The molecule has 110 valence electrons. The first-order valence-corrected chi connectivity index (χ1v) is 7.09. The summed E-state index contributed by atoms with van der Waals surface area (Å²) in [6.07, 6.45) is 0.967. The van der Waals surface area contributed by atoms with Crippen LogP contribution in [0.5, 0.6) is 0 Å². The number of carbonyl (C=O) groups is 1. The van der Waals surface area contributed by atoms with E-state index in [2.05, 4.69) is 10.3 Å². The van der Waals surface area contributed by atoms with Crippen LogP contribution in [0, 0.1) is 0 Å². The number of nitrogens with one attached hydrogen (secondary N) is 1. The molecular weight excluding hydrogens is 276 g/mol. The van der Waals surface area contributed by atoms with E-state index in [0.29, 0.717) is 16.9 Å². The summed E-state index contributed by atoms with van der Waals surface area (Å²) in [6, 6.07) is 16.7. The van der Waals surface area contributed by atoms with Gasteiger partial charge in [0.15, 0.2) is 0 Å². The van der Waals surface area contributed by atoms with Crippen molar-refractivity contribution in [2.24, 2.45) is 0 Å². The number of rotatable bonds is 3. The van der Waals surface area contributed by atoms with Gasteiger partial charge < -0.3 is 10.4 Å². The maximum absolute atomic E-state index is 12.5. The smallest absolute Gasteiger partial charge is 0.274 e. The van der Waals surface area contributed by atoms with Crippen molar-refractivity contribution in [2.45, 2.75) is 13.0 Å². The molecule has 1 amide bonds. The van der Waals surface area contributed by atoms with Crippen molar-refractivity contribution >= 4 is 22.4 Å². The average molecular weight is 292 g/mol. The molecular formula is C18H16N2O2. The molecule has 3 aromatic rings. The molecule has 0 radical (unpaired) electrons. The highest BCUT2D eigenvalue weighted by molar-refractivity contribution is 6.11. The Balaban J connectivity index is 1.98. The normalized spacial score (nSPS) is 12.1. The molecule has 22 heavy (non-hydrogen) atoms. The number of aromatic nitrogens is 1. The van der Waals surface area contributed by atoms with Crippen LogP contribution >= 0.6 is 0 Å². The zero-order valence-corrected chi connectivity index (χ0v) is 12.2. The van der Waals surface area contributed by atoms with E-state index in [4.69, 9.17) is 0 Å². The van der Waals surface area contributed by atoms with Gasteiger partial charge in [0.2, 0.25) is 0 Å². The van der Waals surface area contributed by atoms with Crippen LogP contribution in [0.15, 0.2) is 60.8 Å². The quantitative estimate of drug-likeness (QED) is 0.776. The lowest BCUT2D eigenvalue weighted by atomic mass is 10.1. The highest BCUT2D eigenvalue weighted by Crippen LogP contribution is 2.24. The van der Waals surface area contributed by atoms with Crippen molar-refractivity contribution in [2.75, 3.05) is 5.32 Å². The Bertz CT molecular complexity index is 823. The molecule has 0 aliphatic rings. The number of benzene rings is 2. The first-order valence-electron chi connectivity index (χ1n) is 7.09. The van der Waals surface area contributed by atoms with E-state index < -0.39 is 6.10 Å². The Labute approximate surface area is 128 Å². The van der Waals surface area contributed by atoms with Crippen LogP contribution < -0.4 is 5.32 Å². The van der Waals surface area contributed by atoms with Gasteiger partial charge in [-0.2, -0.15) is 0 Å². The number of pyridine rings is 1. The molecule has 1 aromatic heterocycles. The lowest BCUT2D eigenvalue weighted by Crippen LogP contribution is -2.15. The Morgan fingerprint density at radius 1 is 1.09 bits per heavy atom. The fraction of sp³-hybridized carbons (Fsp3) is 0.111. The predicted octanol–water partition coefficient (Wildman–Crippen LogP) is 3.54. The molecule has 0 saturated heterocycles. The van der Waals surface area contributed by atoms with Gasteiger partial charge in [-0.05, 0) is 24.4 Å². The fourth-order valence-electron chi connectivity index (χ4n) is 2.46. The van der Waals surface area contributed by atoms with E-state index >= 15 is 0 Å². The molecule has 2 aromatic carbocycles. The minimum atomic E-state index is -0.656. The molecule has 2 N–H and O–H groups in total. The molecule has 0 fully saturated rings. The van der Waals surface area contributed by atoms with Gasteiger partial charge in [-0.25, -0.2) is 0 Å². The number of hydrogen-bond donors (Lipinski definition) is 2. The number of para-hydroxylation sites is 1. The molecule has 0 spiro atoms. The van der Waals surface area contributed by atoms with E-state index in [1.807, 2.05) is 42.5 Å². The van der Waals surface area contributed by atoms with E-state index in [1.54, 1.807) is 25.3 Å². The van der Waals surface area contributed by atoms with Gasteiger partial charge in [0.1, 0.15) is 5.69 Å². The number of aliphatic hydroxyl groups excluding tert-OH is 1. The number of amides is 1. The van der Waals surface area contributed by atoms with E-state index in [1.165, 1.54) is 0 Å². The second-order valence-electron chi connectivity index (χ2n) is 5.10. The molecule has 3 rings (SSSR count). The third-order valence-electron chi connectivity index (χ3n) is 3.55. The number of nitrogens with zero attached hydrogens (tertiary/aromatic N) is 1. The largest absolute Gasteiger partial charge is 0.389 e. The maximum Gasteiger partial charge on any atom is 0.274 e. The van der Waals surface area contributed by atoms with Crippen LogP contribution in [0.2, 0.25) is 0 Å². The number of fused-ring (bicyclic) bond motifs is 1. The van der Waals surface area contributed by atoms with Crippen LogP contribution in [0.3, 0.4) is 0 Å². The fourth-order valence-corrected chi connectivity index (χ4v) is 2.46. The van der Waals surface area contributed by atoms with Crippen LogP contribution in [0.4, 0.5) is 5.69 Å². The van der Waals surface area contributed by atoms with Crippen molar-refractivity contribution in [1.82, 2.24) is 4.98 Å². The monoisotopic (exact) mass is 292 g/mol. The van der Waals surface area contributed by atoms with Gasteiger partial charge in [0.05, 0.1) is 6.10 Å². The summed E-state index contributed by atoms with van der Waals surface area (Å²) in [5, 5.41) is 14.4. The summed E-state index contributed by atoms with van der Waals surface area (Å²) in [6.45, 7) is 1.67. The van der Waals surface area contributed by atoms with Crippen LogP contribution in [0.25, 0.3) is 10.8 Å². The highest BCUT2D eigenvalue weighted by Gasteiger charge is 2.14. The second kappa shape index (κ2) is 5.95. The Morgan fingerprint density at radius 3 is 2.64 bits per heavy atom. The standard InChI is InChI=1S/C18H16N2O2/c1-12(21)14-7-4-5-9-16(14)20-18(22)17-15-8-3-2-6-13(15)10-11-19-17/h2-12,21H,1H3,(H,20,22)/t12-/m1/s1.